The van der Waals surface area contributed by atoms with Crippen LogP contribution < -0.4 is 5.32 Å². The van der Waals surface area contributed by atoms with Gasteiger partial charge in [-0.05, 0) is 31.1 Å². The van der Waals surface area contributed by atoms with Crippen LogP contribution in [0.4, 0.5) is 18.9 Å². The van der Waals surface area contributed by atoms with Crippen molar-refractivity contribution in [3.8, 4) is 0 Å². The molecule has 0 saturated carbocycles. The summed E-state index contributed by atoms with van der Waals surface area (Å²) in [6.45, 7) is -0.0994. The minimum atomic E-state index is -2.93. The zero-order chi connectivity index (χ0) is 19.5. The Morgan fingerprint density at radius 2 is 1.85 bits per heavy atom. The average Bonchev–Trinajstić information content (AvgIpc) is 2.59. The molecule has 2 aromatic rings. The second kappa shape index (κ2) is 7.90. The second-order valence-corrected chi connectivity index (χ2v) is 7.83. The van der Waals surface area contributed by atoms with Crippen molar-refractivity contribution < 1.29 is 27.3 Å². The van der Waals surface area contributed by atoms with Gasteiger partial charge < -0.3 is 10.4 Å². The summed E-state index contributed by atoms with van der Waals surface area (Å²) in [6, 6.07) is 7.04. The van der Waals surface area contributed by atoms with Crippen molar-refractivity contribution in [1.82, 2.24) is 4.31 Å². The number of aliphatic hydroxyl groups excluding tert-OH is 1. The lowest BCUT2D eigenvalue weighted by atomic mass is 10.2. The van der Waals surface area contributed by atoms with Crippen molar-refractivity contribution >= 4 is 27.2 Å². The van der Waals surface area contributed by atoms with Crippen LogP contribution in [0.1, 0.15) is 10.4 Å². The third kappa shape index (κ3) is 4.24. The van der Waals surface area contributed by atoms with Crippen LogP contribution in [0.5, 0.6) is 0 Å². The Kier molecular flexibility index (Phi) is 6.06. The molecule has 0 fully saturated rings. The summed E-state index contributed by atoms with van der Waals surface area (Å²) in [4.78, 5) is 12.5. The zero-order valence-electron chi connectivity index (χ0n) is 13.8. The van der Waals surface area contributed by atoms with Crippen LogP contribution in [0.15, 0.2) is 41.3 Å². The number of likely N-dealkylation sites (N-methyl/N-ethyl adjacent to an activating group) is 1. The number of aliphatic hydroxyl groups is 1. The maximum absolute atomic E-state index is 13.2. The number of nitrogens with one attached hydrogen (secondary N) is 1. The minimum absolute atomic E-state index is 0.0708. The number of amides is 1. The summed E-state index contributed by atoms with van der Waals surface area (Å²) in [5, 5.41) is 11.2. The highest BCUT2D eigenvalue weighted by Crippen LogP contribution is 2.20. The molecular formula is C17H17F3N2O3S. The molecule has 0 aliphatic carbocycles. The van der Waals surface area contributed by atoms with E-state index in [2.05, 4.69) is 11.2 Å². The predicted octanol–water partition coefficient (Wildman–Crippen LogP) is 2.27. The fourth-order valence-electron chi connectivity index (χ4n) is 2.13. The lowest BCUT2D eigenvalue weighted by Crippen LogP contribution is -2.29. The molecule has 0 spiro atoms. The second-order valence-electron chi connectivity index (χ2n) is 5.45. The number of hydrogen-bond acceptors (Lipinski definition) is 3. The number of rotatable bonds is 6. The first-order valence-corrected chi connectivity index (χ1v) is 9.10. The van der Waals surface area contributed by atoms with Gasteiger partial charge in [-0.3, -0.25) is 4.79 Å². The monoisotopic (exact) mass is 386 g/mol. The Morgan fingerprint density at radius 1 is 1.23 bits per heavy atom. The summed E-state index contributed by atoms with van der Waals surface area (Å²) in [7, 11) is -1.41. The quantitative estimate of drug-likeness (QED) is 0.591. The Morgan fingerprint density at radius 3 is 2.42 bits per heavy atom. The first-order chi connectivity index (χ1) is 12.2. The summed E-state index contributed by atoms with van der Waals surface area (Å²) in [5.41, 5.74) is -0.189. The van der Waals surface area contributed by atoms with Gasteiger partial charge in [-0.15, -0.1) is 0 Å². The van der Waals surface area contributed by atoms with Crippen molar-refractivity contribution in [3.63, 3.8) is 0 Å². The molecule has 0 saturated heterocycles. The van der Waals surface area contributed by atoms with Crippen molar-refractivity contribution in [2.75, 3.05) is 25.5 Å². The first-order valence-electron chi connectivity index (χ1n) is 7.42. The molecule has 1 amide bonds. The van der Waals surface area contributed by atoms with E-state index in [1.165, 1.54) is 35.6 Å². The molecule has 2 rings (SSSR count). The van der Waals surface area contributed by atoms with Crippen LogP contribution in [0, 0.1) is 17.5 Å². The van der Waals surface area contributed by atoms with E-state index in [1.54, 1.807) is 0 Å². The van der Waals surface area contributed by atoms with E-state index in [-0.39, 0.29) is 29.3 Å². The molecule has 140 valence electrons. The summed E-state index contributed by atoms with van der Waals surface area (Å²) in [6.07, 6.45) is 0. The molecule has 0 aromatic heterocycles. The van der Waals surface area contributed by atoms with Gasteiger partial charge >= 0.3 is 0 Å². The molecular weight excluding hydrogens is 369 g/mol. The standard InChI is InChI=1S/C17H17F3N2O3S/c1-22(6-7-23)26(2,25)13-5-3-4-11(8-13)17(24)21-12-9-14(18)16(20)15(19)10-12/h3-5,8-10,23H,2,6-7H2,1H3,(H,21,24). The molecule has 0 radical (unpaired) electrons. The molecule has 0 aliphatic heterocycles. The Bertz CT molecular complexity index is 910. The van der Waals surface area contributed by atoms with Gasteiger partial charge in [0.05, 0.1) is 16.3 Å². The normalized spacial score (nSPS) is 13.5. The van der Waals surface area contributed by atoms with Crippen molar-refractivity contribution in [2.45, 2.75) is 4.90 Å². The van der Waals surface area contributed by atoms with E-state index in [0.717, 1.165) is 0 Å². The maximum Gasteiger partial charge on any atom is 0.255 e. The maximum atomic E-state index is 13.2. The van der Waals surface area contributed by atoms with E-state index < -0.39 is 33.1 Å². The van der Waals surface area contributed by atoms with Gasteiger partial charge in [0.1, 0.15) is 0 Å². The van der Waals surface area contributed by atoms with E-state index in [4.69, 9.17) is 5.11 Å². The highest BCUT2D eigenvalue weighted by molar-refractivity contribution is 7.98. The first kappa shape index (κ1) is 20.0. The van der Waals surface area contributed by atoms with Crippen LogP contribution in [0.3, 0.4) is 0 Å². The largest absolute Gasteiger partial charge is 0.395 e. The van der Waals surface area contributed by atoms with Gasteiger partial charge in [0.15, 0.2) is 17.5 Å². The summed E-state index contributed by atoms with van der Waals surface area (Å²) in [5.74, 6) is -1.57. The van der Waals surface area contributed by atoms with Crippen LogP contribution in [0.25, 0.3) is 0 Å². The molecule has 2 aromatic carbocycles. The molecule has 0 bridgehead atoms. The molecule has 0 heterocycles. The molecule has 5 nitrogen and oxygen atoms in total. The van der Waals surface area contributed by atoms with E-state index in [1.807, 2.05) is 0 Å². The van der Waals surface area contributed by atoms with Crippen molar-refractivity contribution in [1.29, 1.82) is 0 Å². The van der Waals surface area contributed by atoms with Gasteiger partial charge in [-0.1, -0.05) is 6.07 Å². The Hall–Kier alpha value is -2.36. The fourth-order valence-corrected chi connectivity index (χ4v) is 3.47. The molecule has 1 unspecified atom stereocenters. The van der Waals surface area contributed by atoms with Crippen LogP contribution >= 0.6 is 0 Å². The third-order valence-corrected chi connectivity index (χ3v) is 5.80. The Labute approximate surface area is 149 Å². The predicted molar refractivity (Wildman–Crippen MR) is 94.0 cm³/mol. The fraction of sp³-hybridized carbons (Fsp3) is 0.176. The number of hydrogen-bond donors (Lipinski definition) is 2. The smallest absolute Gasteiger partial charge is 0.255 e. The number of nitrogens with zero attached hydrogens (tertiary/aromatic N) is 1. The lowest BCUT2D eigenvalue weighted by Gasteiger charge is -2.21. The van der Waals surface area contributed by atoms with Crippen molar-refractivity contribution in [2.24, 2.45) is 0 Å². The topological polar surface area (TPSA) is 69.6 Å². The molecule has 26 heavy (non-hydrogen) atoms. The summed E-state index contributed by atoms with van der Waals surface area (Å²) >= 11 is 0. The highest BCUT2D eigenvalue weighted by atomic mass is 32.2. The Balaban J connectivity index is 2.29. The highest BCUT2D eigenvalue weighted by Gasteiger charge is 2.17. The molecule has 0 aliphatic rings. The number of anilines is 1. The molecule has 9 heteroatoms. The SMILES string of the molecule is C=S(=O)(c1cccc(C(=O)Nc2cc(F)c(F)c(F)c2)c1)N(C)CCO. The van der Waals surface area contributed by atoms with Gasteiger partial charge in [0.25, 0.3) is 5.91 Å². The lowest BCUT2D eigenvalue weighted by molar-refractivity contribution is 0.102. The molecule has 2 N–H and O–H groups in total. The van der Waals surface area contributed by atoms with E-state index >= 15 is 0 Å². The van der Waals surface area contributed by atoms with Crippen LogP contribution in [0.2, 0.25) is 0 Å². The zero-order valence-corrected chi connectivity index (χ0v) is 14.7. The van der Waals surface area contributed by atoms with Gasteiger partial charge in [-0.25, -0.2) is 21.7 Å². The minimum Gasteiger partial charge on any atom is -0.395 e. The number of benzene rings is 2. The number of halogens is 3. The number of carbonyl (C=O) groups is 1. The van der Waals surface area contributed by atoms with Gasteiger partial charge in [0, 0.05) is 34.8 Å². The van der Waals surface area contributed by atoms with E-state index in [0.29, 0.717) is 12.1 Å². The summed E-state index contributed by atoms with van der Waals surface area (Å²) < 4.78 is 53.6. The van der Waals surface area contributed by atoms with Crippen molar-refractivity contribution in [3.05, 3.63) is 59.4 Å². The average molecular weight is 386 g/mol. The third-order valence-electron chi connectivity index (χ3n) is 3.62. The van der Waals surface area contributed by atoms with Gasteiger partial charge in [-0.2, -0.15) is 0 Å². The van der Waals surface area contributed by atoms with E-state index in [9.17, 15) is 22.2 Å². The number of carbonyl (C=O) groups excluding carboxylic acids is 1. The van der Waals surface area contributed by atoms with Gasteiger partial charge in [0.2, 0.25) is 0 Å². The van der Waals surface area contributed by atoms with Crippen LogP contribution in [-0.4, -0.2) is 45.6 Å². The van der Waals surface area contributed by atoms with Crippen LogP contribution in [-0.2, 0) is 9.71 Å². The molecule has 1 atom stereocenters.